The Morgan fingerprint density at radius 1 is 1.29 bits per heavy atom. The van der Waals surface area contributed by atoms with E-state index in [2.05, 4.69) is 4.98 Å². The van der Waals surface area contributed by atoms with Gasteiger partial charge in [0.1, 0.15) is 0 Å². The molecule has 0 N–H and O–H groups in total. The van der Waals surface area contributed by atoms with Crippen LogP contribution in [0.25, 0.3) is 10.2 Å². The fraction of sp³-hybridized carbons (Fsp3) is 0.125. The zero-order valence-electron chi connectivity index (χ0n) is 6.60. The Hall–Kier alpha value is -0.370. The van der Waals surface area contributed by atoms with E-state index in [9.17, 15) is 13.2 Å². The average molecular weight is 329 g/mol. The van der Waals surface area contributed by atoms with E-state index in [1.165, 1.54) is 6.07 Å². The van der Waals surface area contributed by atoms with E-state index in [0.29, 0.717) is 8.53 Å². The van der Waals surface area contributed by atoms with Gasteiger partial charge in [-0.3, -0.25) is 0 Å². The first-order chi connectivity index (χ1) is 6.48. The third-order valence-corrected chi connectivity index (χ3v) is 3.49. The van der Waals surface area contributed by atoms with Gasteiger partial charge in [0.25, 0.3) is 0 Å². The molecule has 0 amide bonds. The number of hydrogen-bond acceptors (Lipinski definition) is 2. The van der Waals surface area contributed by atoms with Crippen molar-refractivity contribution in [1.29, 1.82) is 0 Å². The number of benzene rings is 1. The van der Waals surface area contributed by atoms with Crippen molar-refractivity contribution in [3.8, 4) is 0 Å². The Morgan fingerprint density at radius 2 is 2.00 bits per heavy atom. The minimum absolute atomic E-state index is 0.212. The molecule has 2 rings (SSSR count). The van der Waals surface area contributed by atoms with Crippen molar-refractivity contribution in [2.45, 2.75) is 6.18 Å². The molecule has 74 valence electrons. The summed E-state index contributed by atoms with van der Waals surface area (Å²) in [7, 11) is 0. The van der Waals surface area contributed by atoms with Crippen molar-refractivity contribution in [3.05, 3.63) is 26.8 Å². The molecule has 1 nitrogen and oxygen atoms in total. The Morgan fingerprint density at radius 3 is 2.64 bits per heavy atom. The number of rotatable bonds is 0. The fourth-order valence-corrected chi connectivity index (χ4v) is 2.89. The van der Waals surface area contributed by atoms with Gasteiger partial charge in [0.2, 0.25) is 0 Å². The topological polar surface area (TPSA) is 12.9 Å². The van der Waals surface area contributed by atoms with Crippen LogP contribution in [0.3, 0.4) is 0 Å². The standard InChI is InChI=1S/C8H3F3INS/c9-8(10,11)4-2-1-3-5-6(4)14-7(12)13-5/h1-3H. The molecule has 0 saturated carbocycles. The Kier molecular flexibility index (Phi) is 2.42. The molecule has 0 saturated heterocycles. The van der Waals surface area contributed by atoms with E-state index in [0.717, 1.165) is 17.4 Å². The summed E-state index contributed by atoms with van der Waals surface area (Å²) >= 11 is 2.98. The average Bonchev–Trinajstić information content (AvgIpc) is 2.41. The molecular formula is C8H3F3INS. The summed E-state index contributed by atoms with van der Waals surface area (Å²) in [6.45, 7) is 0. The highest BCUT2D eigenvalue weighted by Gasteiger charge is 2.33. The summed E-state index contributed by atoms with van der Waals surface area (Å²) in [6, 6.07) is 4.04. The maximum absolute atomic E-state index is 12.5. The Bertz CT molecular complexity index is 477. The second kappa shape index (κ2) is 3.34. The van der Waals surface area contributed by atoms with Crippen molar-refractivity contribution in [2.75, 3.05) is 0 Å². The minimum atomic E-state index is -4.30. The second-order valence-electron chi connectivity index (χ2n) is 2.62. The normalized spacial score (nSPS) is 12.3. The van der Waals surface area contributed by atoms with Crippen LogP contribution in [0.5, 0.6) is 0 Å². The van der Waals surface area contributed by atoms with Crippen molar-refractivity contribution in [3.63, 3.8) is 0 Å². The van der Waals surface area contributed by atoms with Crippen LogP contribution < -0.4 is 0 Å². The van der Waals surface area contributed by atoms with Gasteiger partial charge in [-0.15, -0.1) is 11.3 Å². The number of hydrogen-bond donors (Lipinski definition) is 0. The van der Waals surface area contributed by atoms with Crippen molar-refractivity contribution in [2.24, 2.45) is 0 Å². The highest BCUT2D eigenvalue weighted by Crippen LogP contribution is 2.37. The second-order valence-corrected chi connectivity index (χ2v) is 5.37. The lowest BCUT2D eigenvalue weighted by atomic mass is 10.2. The van der Waals surface area contributed by atoms with Crippen LogP contribution in [-0.2, 0) is 6.18 Å². The predicted octanol–water partition coefficient (Wildman–Crippen LogP) is 3.92. The van der Waals surface area contributed by atoms with Gasteiger partial charge in [0.15, 0.2) is 3.01 Å². The van der Waals surface area contributed by atoms with E-state index < -0.39 is 11.7 Å². The molecule has 1 aromatic heterocycles. The number of halogens is 4. The number of fused-ring (bicyclic) bond motifs is 1. The first-order valence-corrected chi connectivity index (χ1v) is 5.50. The summed E-state index contributed by atoms with van der Waals surface area (Å²) in [5.41, 5.74) is -0.190. The molecule has 0 bridgehead atoms. The summed E-state index contributed by atoms with van der Waals surface area (Å²) in [4.78, 5) is 3.99. The molecule has 1 aromatic carbocycles. The third-order valence-electron chi connectivity index (χ3n) is 1.69. The molecule has 0 atom stereocenters. The lowest BCUT2D eigenvalue weighted by Crippen LogP contribution is -2.04. The van der Waals surface area contributed by atoms with Crippen LogP contribution in [0.15, 0.2) is 18.2 Å². The maximum atomic E-state index is 12.5. The fourth-order valence-electron chi connectivity index (χ4n) is 1.15. The maximum Gasteiger partial charge on any atom is 0.417 e. The molecule has 0 spiro atoms. The third kappa shape index (κ3) is 1.72. The highest BCUT2D eigenvalue weighted by atomic mass is 127. The van der Waals surface area contributed by atoms with Gasteiger partial charge in [0, 0.05) is 0 Å². The molecule has 0 fully saturated rings. The van der Waals surface area contributed by atoms with Crippen LogP contribution in [0.2, 0.25) is 0 Å². The molecule has 6 heteroatoms. The van der Waals surface area contributed by atoms with E-state index in [4.69, 9.17) is 0 Å². The molecule has 0 aliphatic carbocycles. The molecule has 0 unspecified atom stereocenters. The van der Waals surface area contributed by atoms with E-state index in [1.807, 2.05) is 22.6 Å². The minimum Gasteiger partial charge on any atom is -0.230 e. The van der Waals surface area contributed by atoms with Gasteiger partial charge in [-0.05, 0) is 34.7 Å². The number of aromatic nitrogens is 1. The van der Waals surface area contributed by atoms with Gasteiger partial charge < -0.3 is 0 Å². The first-order valence-electron chi connectivity index (χ1n) is 3.61. The smallest absolute Gasteiger partial charge is 0.230 e. The molecule has 0 aliphatic heterocycles. The van der Waals surface area contributed by atoms with Crippen molar-refractivity contribution in [1.82, 2.24) is 4.98 Å². The zero-order chi connectivity index (χ0) is 10.3. The van der Waals surface area contributed by atoms with Gasteiger partial charge in [-0.2, -0.15) is 13.2 Å². The molecule has 1 heterocycles. The SMILES string of the molecule is FC(F)(F)c1cccc2nc(I)sc12. The molecule has 0 aliphatic rings. The van der Waals surface area contributed by atoms with Gasteiger partial charge in [-0.1, -0.05) is 6.07 Å². The Labute approximate surface area is 95.1 Å². The van der Waals surface area contributed by atoms with E-state index in [-0.39, 0.29) is 4.70 Å². The lowest BCUT2D eigenvalue weighted by molar-refractivity contribution is -0.136. The number of thiazole rings is 1. The van der Waals surface area contributed by atoms with Gasteiger partial charge >= 0.3 is 6.18 Å². The highest BCUT2D eigenvalue weighted by molar-refractivity contribution is 14.1. The van der Waals surface area contributed by atoms with E-state index >= 15 is 0 Å². The quantitative estimate of drug-likeness (QED) is 0.668. The zero-order valence-corrected chi connectivity index (χ0v) is 9.57. The van der Waals surface area contributed by atoms with Crippen LogP contribution in [0.1, 0.15) is 5.56 Å². The van der Waals surface area contributed by atoms with Gasteiger partial charge in [0.05, 0.1) is 15.8 Å². The van der Waals surface area contributed by atoms with Crippen LogP contribution in [-0.4, -0.2) is 4.98 Å². The van der Waals surface area contributed by atoms with E-state index in [1.54, 1.807) is 6.07 Å². The van der Waals surface area contributed by atoms with Gasteiger partial charge in [-0.25, -0.2) is 4.98 Å². The number of alkyl halides is 3. The van der Waals surface area contributed by atoms with Crippen LogP contribution in [0.4, 0.5) is 13.2 Å². The van der Waals surface area contributed by atoms with Crippen LogP contribution in [0, 0.1) is 3.01 Å². The van der Waals surface area contributed by atoms with Crippen molar-refractivity contribution < 1.29 is 13.2 Å². The molecular weight excluding hydrogens is 326 g/mol. The monoisotopic (exact) mass is 329 g/mol. The molecule has 2 aromatic rings. The number of nitrogens with zero attached hydrogens (tertiary/aromatic N) is 1. The summed E-state index contributed by atoms with van der Waals surface area (Å²) in [5.74, 6) is 0. The Balaban J connectivity index is 2.77. The largest absolute Gasteiger partial charge is 0.417 e. The molecule has 0 radical (unpaired) electrons. The summed E-state index contributed by atoms with van der Waals surface area (Å²) < 4.78 is 38.3. The summed E-state index contributed by atoms with van der Waals surface area (Å²) in [6.07, 6.45) is -4.30. The van der Waals surface area contributed by atoms with Crippen LogP contribution >= 0.6 is 33.9 Å². The van der Waals surface area contributed by atoms with Crippen molar-refractivity contribution >= 4 is 44.1 Å². The molecule has 14 heavy (non-hydrogen) atoms. The summed E-state index contributed by atoms with van der Waals surface area (Å²) in [5, 5.41) is 0. The first kappa shape index (κ1) is 10.2. The predicted molar refractivity (Wildman–Crippen MR) is 57.3 cm³/mol. The lowest BCUT2D eigenvalue weighted by Gasteiger charge is -2.05.